The van der Waals surface area contributed by atoms with Gasteiger partial charge in [0.1, 0.15) is 13.6 Å². The monoisotopic (exact) mass is 192 g/mol. The van der Waals surface area contributed by atoms with E-state index in [1.54, 1.807) is 24.3 Å². The third-order valence-corrected chi connectivity index (χ3v) is 1.75. The Morgan fingerprint density at radius 1 is 1.36 bits per heavy atom. The van der Waals surface area contributed by atoms with Gasteiger partial charge in [0.05, 0.1) is 19.3 Å². The zero-order valence-electron chi connectivity index (χ0n) is 8.45. The first-order valence-electron chi connectivity index (χ1n) is 4.59. The van der Waals surface area contributed by atoms with E-state index in [2.05, 4.69) is 4.74 Å². The predicted octanol–water partition coefficient (Wildman–Crippen LogP) is 0.903. The van der Waals surface area contributed by atoms with Crippen molar-refractivity contribution in [1.29, 1.82) is 0 Å². The van der Waals surface area contributed by atoms with Gasteiger partial charge in [0.15, 0.2) is 0 Å². The summed E-state index contributed by atoms with van der Waals surface area (Å²) in [6.45, 7) is 0.692. The molecule has 1 aromatic carbocycles. The van der Waals surface area contributed by atoms with E-state index in [4.69, 9.17) is 4.74 Å². The molecule has 0 fully saturated rings. The summed E-state index contributed by atoms with van der Waals surface area (Å²) >= 11 is 0. The SMILES string of the molecule is BCCOc1ccc(C(=O)OC)cc1. The third kappa shape index (κ3) is 2.80. The van der Waals surface area contributed by atoms with Gasteiger partial charge in [-0.3, -0.25) is 0 Å². The molecule has 0 N–H and O–H groups in total. The minimum atomic E-state index is -0.327. The molecule has 0 unspecified atom stereocenters. The van der Waals surface area contributed by atoms with Crippen molar-refractivity contribution in [2.75, 3.05) is 13.7 Å². The normalized spacial score (nSPS) is 9.50. The highest BCUT2D eigenvalue weighted by atomic mass is 16.5. The molecule has 0 radical (unpaired) electrons. The van der Waals surface area contributed by atoms with E-state index >= 15 is 0 Å². The topological polar surface area (TPSA) is 35.5 Å². The van der Waals surface area contributed by atoms with Crippen LogP contribution in [0.15, 0.2) is 24.3 Å². The number of hydrogen-bond donors (Lipinski definition) is 0. The molecule has 0 heterocycles. The Morgan fingerprint density at radius 2 is 2.00 bits per heavy atom. The number of esters is 1. The van der Waals surface area contributed by atoms with Gasteiger partial charge in [-0.25, -0.2) is 4.79 Å². The summed E-state index contributed by atoms with van der Waals surface area (Å²) in [5.74, 6) is 0.451. The summed E-state index contributed by atoms with van der Waals surface area (Å²) in [6.07, 6.45) is 0.971. The number of hydrogen-bond acceptors (Lipinski definition) is 3. The molecular weight excluding hydrogens is 179 g/mol. The molecule has 1 rings (SSSR count). The lowest BCUT2D eigenvalue weighted by molar-refractivity contribution is 0.0600. The fraction of sp³-hybridized carbons (Fsp3) is 0.300. The van der Waals surface area contributed by atoms with Gasteiger partial charge in [0, 0.05) is 0 Å². The van der Waals surface area contributed by atoms with Crippen molar-refractivity contribution in [1.82, 2.24) is 0 Å². The Labute approximate surface area is 84.4 Å². The molecule has 0 amide bonds. The predicted molar refractivity (Wildman–Crippen MR) is 56.6 cm³/mol. The summed E-state index contributed by atoms with van der Waals surface area (Å²) < 4.78 is 9.95. The van der Waals surface area contributed by atoms with Crippen molar-refractivity contribution >= 4 is 13.8 Å². The van der Waals surface area contributed by atoms with E-state index < -0.39 is 0 Å². The van der Waals surface area contributed by atoms with Gasteiger partial charge in [0.2, 0.25) is 0 Å². The largest absolute Gasteiger partial charge is 0.494 e. The second-order valence-corrected chi connectivity index (χ2v) is 2.86. The quantitative estimate of drug-likeness (QED) is 0.525. The van der Waals surface area contributed by atoms with E-state index in [0.29, 0.717) is 12.2 Å². The average molecular weight is 192 g/mol. The van der Waals surface area contributed by atoms with Crippen LogP contribution in [-0.4, -0.2) is 27.5 Å². The van der Waals surface area contributed by atoms with Gasteiger partial charge in [0.25, 0.3) is 0 Å². The van der Waals surface area contributed by atoms with Crippen molar-refractivity contribution in [2.24, 2.45) is 0 Å². The van der Waals surface area contributed by atoms with Crippen LogP contribution in [0.25, 0.3) is 0 Å². The van der Waals surface area contributed by atoms with Crippen molar-refractivity contribution < 1.29 is 14.3 Å². The van der Waals surface area contributed by atoms with Gasteiger partial charge in [-0.1, -0.05) is 0 Å². The van der Waals surface area contributed by atoms with E-state index in [0.717, 1.165) is 12.1 Å². The van der Waals surface area contributed by atoms with Crippen LogP contribution in [0.4, 0.5) is 0 Å². The second-order valence-electron chi connectivity index (χ2n) is 2.86. The van der Waals surface area contributed by atoms with Crippen LogP contribution in [0.2, 0.25) is 6.32 Å². The van der Waals surface area contributed by atoms with Crippen LogP contribution in [0, 0.1) is 0 Å². The van der Waals surface area contributed by atoms with Crippen molar-refractivity contribution in [3.63, 3.8) is 0 Å². The number of ether oxygens (including phenoxy) is 2. The number of rotatable bonds is 4. The molecule has 0 saturated carbocycles. The molecule has 0 aliphatic rings. The van der Waals surface area contributed by atoms with Crippen LogP contribution < -0.4 is 4.74 Å². The standard InChI is InChI=1S/C10H13BO3/c1-13-10(12)8-2-4-9(5-3-8)14-7-6-11/h2-5H,6-7,11H2,1H3. The Hall–Kier alpha value is -1.45. The molecule has 74 valence electrons. The van der Waals surface area contributed by atoms with E-state index in [9.17, 15) is 4.79 Å². The Balaban J connectivity index is 2.63. The van der Waals surface area contributed by atoms with E-state index in [-0.39, 0.29) is 5.97 Å². The van der Waals surface area contributed by atoms with Crippen molar-refractivity contribution in [3.8, 4) is 5.75 Å². The zero-order valence-corrected chi connectivity index (χ0v) is 8.45. The van der Waals surface area contributed by atoms with Crippen molar-refractivity contribution in [2.45, 2.75) is 6.32 Å². The molecule has 0 spiro atoms. The molecule has 0 atom stereocenters. The summed E-state index contributed by atoms with van der Waals surface area (Å²) in [7, 11) is 3.41. The van der Waals surface area contributed by atoms with Crippen LogP contribution in [0.5, 0.6) is 5.75 Å². The molecule has 0 aliphatic carbocycles. The van der Waals surface area contributed by atoms with Crippen LogP contribution in [0.1, 0.15) is 10.4 Å². The molecule has 1 aromatic rings. The lowest BCUT2D eigenvalue weighted by atomic mass is 10.1. The summed E-state index contributed by atoms with van der Waals surface area (Å²) in [4.78, 5) is 11.1. The van der Waals surface area contributed by atoms with Crippen LogP contribution in [-0.2, 0) is 4.74 Å². The minimum Gasteiger partial charge on any atom is -0.494 e. The molecule has 0 saturated heterocycles. The number of methoxy groups -OCH3 is 1. The summed E-state index contributed by atoms with van der Waals surface area (Å²) in [6, 6.07) is 6.91. The van der Waals surface area contributed by atoms with E-state index in [1.807, 2.05) is 7.85 Å². The number of carbonyl (C=O) groups excluding carboxylic acids is 1. The van der Waals surface area contributed by atoms with Gasteiger partial charge in [-0.15, -0.1) is 0 Å². The number of benzene rings is 1. The first kappa shape index (κ1) is 10.6. The lowest BCUT2D eigenvalue weighted by Crippen LogP contribution is -2.01. The second kappa shape index (κ2) is 5.32. The smallest absolute Gasteiger partial charge is 0.337 e. The molecule has 0 aliphatic heterocycles. The zero-order chi connectivity index (χ0) is 10.4. The Morgan fingerprint density at radius 3 is 2.50 bits per heavy atom. The Bertz CT molecular complexity index is 295. The average Bonchev–Trinajstić information content (AvgIpc) is 2.26. The maximum absolute atomic E-state index is 11.1. The molecule has 3 nitrogen and oxygen atoms in total. The molecular formula is C10H13BO3. The summed E-state index contributed by atoms with van der Waals surface area (Å²) in [5.41, 5.74) is 0.538. The molecule has 0 bridgehead atoms. The third-order valence-electron chi connectivity index (χ3n) is 1.75. The summed E-state index contributed by atoms with van der Waals surface area (Å²) in [5, 5.41) is 0. The van der Waals surface area contributed by atoms with Gasteiger partial charge < -0.3 is 9.47 Å². The fourth-order valence-corrected chi connectivity index (χ4v) is 1.03. The minimum absolute atomic E-state index is 0.327. The highest BCUT2D eigenvalue weighted by Gasteiger charge is 2.03. The maximum atomic E-state index is 11.1. The maximum Gasteiger partial charge on any atom is 0.337 e. The van der Waals surface area contributed by atoms with Crippen LogP contribution >= 0.6 is 0 Å². The first-order valence-corrected chi connectivity index (χ1v) is 4.59. The van der Waals surface area contributed by atoms with Crippen LogP contribution in [0.3, 0.4) is 0 Å². The Kier molecular flexibility index (Phi) is 4.04. The molecule has 14 heavy (non-hydrogen) atoms. The highest BCUT2D eigenvalue weighted by Crippen LogP contribution is 2.12. The lowest BCUT2D eigenvalue weighted by Gasteiger charge is -2.04. The molecule has 0 aromatic heterocycles. The first-order chi connectivity index (χ1) is 6.77. The molecule has 4 heteroatoms. The highest BCUT2D eigenvalue weighted by molar-refractivity contribution is 6.08. The van der Waals surface area contributed by atoms with Gasteiger partial charge in [-0.05, 0) is 30.6 Å². The van der Waals surface area contributed by atoms with E-state index in [1.165, 1.54) is 7.11 Å². The van der Waals surface area contributed by atoms with Crippen molar-refractivity contribution in [3.05, 3.63) is 29.8 Å². The fourth-order valence-electron chi connectivity index (χ4n) is 1.03. The number of carbonyl (C=O) groups is 1. The van der Waals surface area contributed by atoms with Gasteiger partial charge >= 0.3 is 5.97 Å². The van der Waals surface area contributed by atoms with Gasteiger partial charge in [-0.2, -0.15) is 0 Å².